The molecule has 0 unspecified atom stereocenters. The van der Waals surface area contributed by atoms with Crippen molar-refractivity contribution >= 4 is 28.5 Å². The third-order valence-electron chi connectivity index (χ3n) is 8.50. The Morgan fingerprint density at radius 1 is 0.822 bits per heavy atom. The lowest BCUT2D eigenvalue weighted by molar-refractivity contribution is -0.133. The fraction of sp³-hybridized carbons (Fsp3) is 0.342. The number of benzene rings is 3. The highest BCUT2D eigenvalue weighted by Crippen LogP contribution is 2.28. The molecule has 7 nitrogen and oxygen atoms in total. The van der Waals surface area contributed by atoms with Gasteiger partial charge in [-0.3, -0.25) is 14.4 Å². The van der Waals surface area contributed by atoms with Gasteiger partial charge in [0, 0.05) is 50.9 Å². The van der Waals surface area contributed by atoms with Crippen molar-refractivity contribution < 1.29 is 14.0 Å². The number of nitrogens with one attached hydrogen (secondary N) is 1. The van der Waals surface area contributed by atoms with Crippen LogP contribution >= 0.6 is 0 Å². The molecule has 2 aliphatic rings. The van der Waals surface area contributed by atoms with Crippen molar-refractivity contribution in [2.75, 3.05) is 31.1 Å². The predicted octanol–water partition coefficient (Wildman–Crippen LogP) is 6.87. The van der Waals surface area contributed by atoms with Crippen molar-refractivity contribution in [1.29, 1.82) is 0 Å². The molecule has 3 aromatic carbocycles. The van der Waals surface area contributed by atoms with Gasteiger partial charge in [-0.05, 0) is 70.2 Å². The summed E-state index contributed by atoms with van der Waals surface area (Å²) < 4.78 is 5.67. The summed E-state index contributed by atoms with van der Waals surface area (Å²) in [6.45, 7) is 9.79. The second-order valence-electron chi connectivity index (χ2n) is 12.1. The number of nitrogens with zero attached hydrogens (tertiary/aromatic N) is 2. The summed E-state index contributed by atoms with van der Waals surface area (Å²) in [5.41, 5.74) is 7.53. The highest BCUT2D eigenvalue weighted by molar-refractivity contribution is 5.93. The number of para-hydroxylation sites is 1. The Morgan fingerprint density at radius 3 is 2.22 bits per heavy atom. The predicted molar refractivity (Wildman–Crippen MR) is 181 cm³/mol. The summed E-state index contributed by atoms with van der Waals surface area (Å²) in [6.07, 6.45) is 6.62. The zero-order valence-electron chi connectivity index (χ0n) is 26.6. The molecule has 1 N–H and O–H groups in total. The average molecular weight is 606 g/mol. The highest BCUT2D eigenvalue weighted by Gasteiger charge is 2.22. The molecule has 3 heterocycles. The van der Waals surface area contributed by atoms with E-state index in [1.807, 2.05) is 24.0 Å². The first kappa shape index (κ1) is 31.8. The average Bonchev–Trinajstić information content (AvgIpc) is 3.05. The number of rotatable bonds is 6. The largest absolute Gasteiger partial charge is 0.451 e. The maximum absolute atomic E-state index is 12.6. The summed E-state index contributed by atoms with van der Waals surface area (Å²) in [6, 6.07) is 23.5. The number of hydrogen-bond donors (Lipinski definition) is 1. The minimum absolute atomic E-state index is 0.0263. The summed E-state index contributed by atoms with van der Waals surface area (Å²) in [4.78, 5) is 41.7. The van der Waals surface area contributed by atoms with Crippen molar-refractivity contribution in [1.82, 2.24) is 10.2 Å². The molecule has 0 saturated carbocycles. The van der Waals surface area contributed by atoms with Gasteiger partial charge in [-0.25, -0.2) is 0 Å². The van der Waals surface area contributed by atoms with Crippen LogP contribution in [0.4, 0.5) is 5.69 Å². The molecule has 2 fully saturated rings. The van der Waals surface area contributed by atoms with Gasteiger partial charge < -0.3 is 19.5 Å². The highest BCUT2D eigenvalue weighted by atomic mass is 16.3. The molecule has 7 heteroatoms. The van der Waals surface area contributed by atoms with Crippen molar-refractivity contribution in [3.05, 3.63) is 123 Å². The SMILES string of the molecule is Cc1ccc(C)cc1.Cc1ccc2oc(C(=O)NCC=C3CCN(c4ccccc4CN4CCCCC4=O)CC3)cc(=O)c2c1. The van der Waals surface area contributed by atoms with E-state index in [0.717, 1.165) is 50.9 Å². The van der Waals surface area contributed by atoms with E-state index in [0.29, 0.717) is 30.5 Å². The molecule has 0 atom stereocenters. The van der Waals surface area contributed by atoms with Gasteiger partial charge in [-0.15, -0.1) is 0 Å². The maximum atomic E-state index is 12.6. The van der Waals surface area contributed by atoms with Gasteiger partial charge >= 0.3 is 0 Å². The Bertz CT molecular complexity index is 1710. The first-order chi connectivity index (χ1) is 21.8. The van der Waals surface area contributed by atoms with E-state index in [1.165, 1.54) is 34.0 Å². The second kappa shape index (κ2) is 14.9. The summed E-state index contributed by atoms with van der Waals surface area (Å²) in [5.74, 6) is -0.113. The van der Waals surface area contributed by atoms with E-state index in [2.05, 4.69) is 72.6 Å². The monoisotopic (exact) mass is 605 g/mol. The number of hydrogen-bond acceptors (Lipinski definition) is 5. The van der Waals surface area contributed by atoms with E-state index in [1.54, 1.807) is 12.1 Å². The molecule has 2 aliphatic heterocycles. The lowest BCUT2D eigenvalue weighted by Crippen LogP contribution is -2.36. The Morgan fingerprint density at radius 2 is 1.51 bits per heavy atom. The van der Waals surface area contributed by atoms with Crippen molar-refractivity contribution in [3.63, 3.8) is 0 Å². The van der Waals surface area contributed by atoms with Crippen molar-refractivity contribution in [2.24, 2.45) is 0 Å². The number of aryl methyl sites for hydroxylation is 3. The second-order valence-corrected chi connectivity index (χ2v) is 12.1. The lowest BCUT2D eigenvalue weighted by atomic mass is 10.0. The molecular weight excluding hydrogens is 562 g/mol. The minimum atomic E-state index is -0.393. The quantitative estimate of drug-likeness (QED) is 0.243. The van der Waals surface area contributed by atoms with Crippen LogP contribution in [0.3, 0.4) is 0 Å². The van der Waals surface area contributed by atoms with Crippen LogP contribution in [0, 0.1) is 20.8 Å². The fourth-order valence-corrected chi connectivity index (χ4v) is 5.82. The fourth-order valence-electron chi connectivity index (χ4n) is 5.82. The minimum Gasteiger partial charge on any atom is -0.451 e. The lowest BCUT2D eigenvalue weighted by Gasteiger charge is -2.34. The maximum Gasteiger partial charge on any atom is 0.287 e. The summed E-state index contributed by atoms with van der Waals surface area (Å²) in [7, 11) is 0. The first-order valence-electron chi connectivity index (χ1n) is 15.9. The zero-order valence-corrected chi connectivity index (χ0v) is 26.6. The van der Waals surface area contributed by atoms with E-state index >= 15 is 0 Å². The molecule has 0 radical (unpaired) electrons. The molecule has 0 aliphatic carbocycles. The van der Waals surface area contributed by atoms with Gasteiger partial charge in [0.15, 0.2) is 11.2 Å². The normalized spacial score (nSPS) is 15.0. The Hall–Kier alpha value is -4.65. The van der Waals surface area contributed by atoms with Crippen LogP contribution in [0.5, 0.6) is 0 Å². The molecule has 4 aromatic rings. The summed E-state index contributed by atoms with van der Waals surface area (Å²) >= 11 is 0. The number of carbonyl (C=O) groups excluding carboxylic acids is 2. The Labute approximate surface area is 265 Å². The Kier molecular flexibility index (Phi) is 10.5. The van der Waals surface area contributed by atoms with Gasteiger partial charge in [0.25, 0.3) is 5.91 Å². The molecule has 1 aromatic heterocycles. The first-order valence-corrected chi connectivity index (χ1v) is 15.9. The van der Waals surface area contributed by atoms with E-state index in [4.69, 9.17) is 4.42 Å². The van der Waals surface area contributed by atoms with Crippen LogP contribution in [0.25, 0.3) is 11.0 Å². The van der Waals surface area contributed by atoms with Crippen LogP contribution in [0.2, 0.25) is 0 Å². The van der Waals surface area contributed by atoms with Crippen LogP contribution in [-0.4, -0.2) is 42.9 Å². The number of carbonyl (C=O) groups is 2. The van der Waals surface area contributed by atoms with Crippen LogP contribution in [0.1, 0.15) is 64.9 Å². The van der Waals surface area contributed by atoms with Gasteiger partial charge in [-0.1, -0.05) is 76.9 Å². The molecule has 2 saturated heterocycles. The van der Waals surface area contributed by atoms with Crippen LogP contribution in [-0.2, 0) is 11.3 Å². The molecular formula is C38H43N3O4. The van der Waals surface area contributed by atoms with Gasteiger partial charge in [0.05, 0.1) is 5.39 Å². The Balaban J connectivity index is 0.000000436. The van der Waals surface area contributed by atoms with E-state index in [9.17, 15) is 14.4 Å². The van der Waals surface area contributed by atoms with E-state index < -0.39 is 5.91 Å². The van der Waals surface area contributed by atoms with Crippen molar-refractivity contribution in [3.8, 4) is 0 Å². The number of amides is 2. The van der Waals surface area contributed by atoms with Gasteiger partial charge in [0.1, 0.15) is 5.58 Å². The van der Waals surface area contributed by atoms with Gasteiger partial charge in [0.2, 0.25) is 5.91 Å². The molecule has 0 spiro atoms. The molecule has 45 heavy (non-hydrogen) atoms. The molecule has 0 bridgehead atoms. The van der Waals surface area contributed by atoms with Crippen molar-refractivity contribution in [2.45, 2.75) is 59.4 Å². The van der Waals surface area contributed by atoms with Crippen LogP contribution in [0.15, 0.2) is 93.7 Å². The third kappa shape index (κ3) is 8.50. The molecule has 2 amide bonds. The smallest absolute Gasteiger partial charge is 0.287 e. The number of anilines is 1. The zero-order chi connectivity index (χ0) is 31.8. The number of piperidine rings is 2. The topological polar surface area (TPSA) is 82.9 Å². The van der Waals surface area contributed by atoms with E-state index in [-0.39, 0.29) is 17.1 Å². The van der Waals surface area contributed by atoms with Gasteiger partial charge in [-0.2, -0.15) is 0 Å². The number of likely N-dealkylation sites (tertiary alicyclic amines) is 1. The standard InChI is InChI=1S/C30H33N3O4.C8H10/c1-21-9-10-27-24(18-21)26(34)19-28(37-27)30(36)31-14-11-22-12-16-32(17-13-22)25-7-3-2-6-23(25)20-33-15-5-4-8-29(33)35;1-7-3-5-8(2)6-4-7/h2-3,6-7,9-11,18-19H,4-5,8,12-17,20H2,1H3,(H,31,36);3-6H,1-2H3. The molecule has 234 valence electrons. The van der Waals surface area contributed by atoms with Crippen LogP contribution < -0.4 is 15.6 Å². The number of fused-ring (bicyclic) bond motifs is 1. The summed E-state index contributed by atoms with van der Waals surface area (Å²) in [5, 5.41) is 3.33. The molecule has 6 rings (SSSR count). The third-order valence-corrected chi connectivity index (χ3v) is 8.50.